The first-order valence-electron chi connectivity index (χ1n) is 8.47. The van der Waals surface area contributed by atoms with Gasteiger partial charge in [-0.05, 0) is 48.5 Å². The number of pyridine rings is 1. The van der Waals surface area contributed by atoms with Crippen LogP contribution in [-0.4, -0.2) is 29.3 Å². The molecule has 0 fully saturated rings. The average Bonchev–Trinajstić information content (AvgIpc) is 3.24. The van der Waals surface area contributed by atoms with Crippen molar-refractivity contribution < 1.29 is 18.4 Å². The first kappa shape index (κ1) is 17.7. The summed E-state index contributed by atoms with van der Waals surface area (Å²) in [7, 11) is 3.15. The summed E-state index contributed by atoms with van der Waals surface area (Å²) in [5.41, 5.74) is 2.83. The molecule has 0 unspecified atom stereocenters. The summed E-state index contributed by atoms with van der Waals surface area (Å²) in [5, 5.41) is 4.00. The quantitative estimate of drug-likeness (QED) is 0.505. The molecule has 2 aromatic heterocycles. The zero-order valence-corrected chi connectivity index (χ0v) is 15.2. The Hall–Kier alpha value is -3.74. The number of ether oxygens (including phenoxy) is 2. The fourth-order valence-corrected chi connectivity index (χ4v) is 2.75. The minimum Gasteiger partial charge on any atom is -0.497 e. The van der Waals surface area contributed by atoms with Crippen molar-refractivity contribution in [3.8, 4) is 45.7 Å². The van der Waals surface area contributed by atoms with Gasteiger partial charge in [0.15, 0.2) is 0 Å². The molecule has 6 nitrogen and oxygen atoms in total. The highest BCUT2D eigenvalue weighted by Crippen LogP contribution is 2.31. The Labute approximate surface area is 160 Å². The van der Waals surface area contributed by atoms with E-state index in [1.807, 2.05) is 36.4 Å². The van der Waals surface area contributed by atoms with E-state index in [1.165, 1.54) is 19.2 Å². The molecule has 4 rings (SSSR count). The monoisotopic (exact) mass is 377 g/mol. The van der Waals surface area contributed by atoms with E-state index in [9.17, 15) is 4.39 Å². The third-order valence-electron chi connectivity index (χ3n) is 4.18. The lowest BCUT2D eigenvalue weighted by Gasteiger charge is -2.08. The largest absolute Gasteiger partial charge is 0.497 e. The van der Waals surface area contributed by atoms with Crippen LogP contribution in [0, 0.1) is 5.82 Å². The van der Waals surface area contributed by atoms with Crippen LogP contribution in [0.2, 0.25) is 0 Å². The second-order valence-corrected chi connectivity index (χ2v) is 5.92. The second kappa shape index (κ2) is 7.48. The van der Waals surface area contributed by atoms with Gasteiger partial charge in [0.25, 0.3) is 5.89 Å². The smallest absolute Gasteiger partial charge is 0.258 e. The number of hydrogen-bond donors (Lipinski definition) is 0. The molecule has 0 saturated heterocycles. The highest BCUT2D eigenvalue weighted by atomic mass is 19.1. The molecule has 0 atom stereocenters. The molecule has 2 heterocycles. The number of nitrogens with zero attached hydrogens (tertiary/aromatic N) is 3. The van der Waals surface area contributed by atoms with E-state index >= 15 is 0 Å². The second-order valence-electron chi connectivity index (χ2n) is 5.92. The Balaban J connectivity index is 1.69. The maximum Gasteiger partial charge on any atom is 0.258 e. The zero-order valence-electron chi connectivity index (χ0n) is 15.2. The standard InChI is InChI=1S/C21H16FN3O3/c1-26-16-5-3-4-14(12-16)18-11-10-17(21(23-18)27-2)19-24-20(28-25-19)13-6-8-15(22)9-7-13/h3-12H,1-2H3. The zero-order chi connectivity index (χ0) is 19.5. The van der Waals surface area contributed by atoms with Crippen molar-refractivity contribution >= 4 is 0 Å². The number of halogens is 1. The van der Waals surface area contributed by atoms with E-state index in [0.29, 0.717) is 22.8 Å². The average molecular weight is 377 g/mol. The summed E-state index contributed by atoms with van der Waals surface area (Å²) in [4.78, 5) is 8.94. The van der Waals surface area contributed by atoms with Crippen molar-refractivity contribution in [3.05, 3.63) is 66.5 Å². The van der Waals surface area contributed by atoms with Gasteiger partial charge in [-0.1, -0.05) is 17.3 Å². The Bertz CT molecular complexity index is 1110. The highest BCUT2D eigenvalue weighted by molar-refractivity contribution is 5.69. The molecule has 0 N–H and O–H groups in total. The fourth-order valence-electron chi connectivity index (χ4n) is 2.75. The van der Waals surface area contributed by atoms with Crippen LogP contribution >= 0.6 is 0 Å². The Morgan fingerprint density at radius 1 is 0.857 bits per heavy atom. The van der Waals surface area contributed by atoms with Gasteiger partial charge in [-0.25, -0.2) is 9.37 Å². The Kier molecular flexibility index (Phi) is 4.72. The first-order valence-corrected chi connectivity index (χ1v) is 8.47. The van der Waals surface area contributed by atoms with E-state index in [1.54, 1.807) is 19.2 Å². The van der Waals surface area contributed by atoms with Crippen molar-refractivity contribution in [2.45, 2.75) is 0 Å². The van der Waals surface area contributed by atoms with Crippen LogP contribution in [0.1, 0.15) is 0 Å². The lowest BCUT2D eigenvalue weighted by molar-refractivity contribution is 0.398. The molecular weight excluding hydrogens is 361 g/mol. The van der Waals surface area contributed by atoms with Crippen molar-refractivity contribution in [2.75, 3.05) is 14.2 Å². The van der Waals surface area contributed by atoms with E-state index < -0.39 is 0 Å². The van der Waals surface area contributed by atoms with Gasteiger partial charge in [-0.3, -0.25) is 0 Å². The van der Waals surface area contributed by atoms with Crippen molar-refractivity contribution in [1.82, 2.24) is 15.1 Å². The predicted molar refractivity (Wildman–Crippen MR) is 101 cm³/mol. The van der Waals surface area contributed by atoms with E-state index in [-0.39, 0.29) is 11.7 Å². The molecule has 0 spiro atoms. The fraction of sp³-hybridized carbons (Fsp3) is 0.0952. The van der Waals surface area contributed by atoms with Gasteiger partial charge in [0.1, 0.15) is 11.6 Å². The number of rotatable bonds is 5. The maximum absolute atomic E-state index is 13.1. The SMILES string of the molecule is COc1cccc(-c2ccc(-c3noc(-c4ccc(F)cc4)n3)c(OC)n2)c1. The molecule has 7 heteroatoms. The molecule has 140 valence electrons. The van der Waals surface area contributed by atoms with E-state index in [2.05, 4.69) is 15.1 Å². The number of methoxy groups -OCH3 is 2. The summed E-state index contributed by atoms with van der Waals surface area (Å²) >= 11 is 0. The van der Waals surface area contributed by atoms with Crippen LogP contribution in [0.5, 0.6) is 11.6 Å². The van der Waals surface area contributed by atoms with Crippen molar-refractivity contribution in [2.24, 2.45) is 0 Å². The van der Waals surface area contributed by atoms with E-state index in [0.717, 1.165) is 17.0 Å². The summed E-state index contributed by atoms with van der Waals surface area (Å²) in [5.74, 6) is 1.40. The van der Waals surface area contributed by atoms with E-state index in [4.69, 9.17) is 14.0 Å². The van der Waals surface area contributed by atoms with Crippen LogP contribution in [-0.2, 0) is 0 Å². The van der Waals surface area contributed by atoms with Crippen LogP contribution < -0.4 is 9.47 Å². The number of aromatic nitrogens is 3. The summed E-state index contributed by atoms with van der Waals surface area (Å²) in [6.45, 7) is 0. The summed E-state index contributed by atoms with van der Waals surface area (Å²) in [6, 6.07) is 17.1. The normalized spacial score (nSPS) is 10.7. The molecule has 2 aromatic carbocycles. The third-order valence-corrected chi connectivity index (χ3v) is 4.18. The summed E-state index contributed by atoms with van der Waals surface area (Å²) < 4.78 is 29.1. The minimum atomic E-state index is -0.331. The lowest BCUT2D eigenvalue weighted by Crippen LogP contribution is -1.95. The van der Waals surface area contributed by atoms with Gasteiger partial charge < -0.3 is 14.0 Å². The van der Waals surface area contributed by atoms with Gasteiger partial charge >= 0.3 is 0 Å². The number of hydrogen-bond acceptors (Lipinski definition) is 6. The van der Waals surface area contributed by atoms with Crippen LogP contribution in [0.25, 0.3) is 34.1 Å². The van der Waals surface area contributed by atoms with Crippen molar-refractivity contribution in [1.29, 1.82) is 0 Å². The molecule has 0 aliphatic carbocycles. The summed E-state index contributed by atoms with van der Waals surface area (Å²) in [6.07, 6.45) is 0. The molecule has 0 amide bonds. The van der Waals surface area contributed by atoms with Crippen LogP contribution in [0.15, 0.2) is 65.2 Å². The molecule has 4 aromatic rings. The molecule has 0 radical (unpaired) electrons. The van der Waals surface area contributed by atoms with Crippen molar-refractivity contribution in [3.63, 3.8) is 0 Å². The van der Waals surface area contributed by atoms with Gasteiger partial charge in [-0.15, -0.1) is 0 Å². The highest BCUT2D eigenvalue weighted by Gasteiger charge is 2.17. The maximum atomic E-state index is 13.1. The third kappa shape index (κ3) is 3.42. The van der Waals surface area contributed by atoms with Gasteiger partial charge in [0.2, 0.25) is 11.7 Å². The lowest BCUT2D eigenvalue weighted by atomic mass is 10.1. The molecule has 28 heavy (non-hydrogen) atoms. The Morgan fingerprint density at radius 3 is 2.43 bits per heavy atom. The van der Waals surface area contributed by atoms with Gasteiger partial charge in [0, 0.05) is 11.1 Å². The first-order chi connectivity index (χ1) is 13.7. The van der Waals surface area contributed by atoms with Gasteiger partial charge in [-0.2, -0.15) is 4.98 Å². The number of benzene rings is 2. The molecule has 0 saturated carbocycles. The topological polar surface area (TPSA) is 70.3 Å². The molecule has 0 bridgehead atoms. The van der Waals surface area contributed by atoms with Crippen LogP contribution in [0.4, 0.5) is 4.39 Å². The van der Waals surface area contributed by atoms with Crippen LogP contribution in [0.3, 0.4) is 0 Å². The molecule has 0 aliphatic heterocycles. The Morgan fingerprint density at radius 2 is 1.68 bits per heavy atom. The predicted octanol–water partition coefficient (Wildman–Crippen LogP) is 4.62. The minimum absolute atomic E-state index is 0.286. The molecular formula is C21H16FN3O3. The van der Waals surface area contributed by atoms with Gasteiger partial charge in [0.05, 0.1) is 25.5 Å². The molecule has 0 aliphatic rings.